The molecule has 0 aliphatic carbocycles. The number of aryl methyl sites for hydroxylation is 1. The van der Waals surface area contributed by atoms with Crippen LogP contribution >= 0.6 is 0 Å². The van der Waals surface area contributed by atoms with Crippen LogP contribution in [-0.2, 0) is 9.73 Å². The van der Waals surface area contributed by atoms with Gasteiger partial charge in [-0.2, -0.15) is 4.36 Å². The topological polar surface area (TPSA) is 59.4 Å². The van der Waals surface area contributed by atoms with E-state index in [9.17, 15) is 9.00 Å². The molecule has 0 aliphatic heterocycles. The summed E-state index contributed by atoms with van der Waals surface area (Å²) in [5, 5.41) is 2.18. The highest BCUT2D eigenvalue weighted by molar-refractivity contribution is 7.93. The van der Waals surface area contributed by atoms with Gasteiger partial charge in [0.1, 0.15) is 0 Å². The van der Waals surface area contributed by atoms with Crippen LogP contribution < -0.4 is 0 Å². The van der Waals surface area contributed by atoms with E-state index in [1.54, 1.807) is 24.4 Å². The highest BCUT2D eigenvalue weighted by Crippen LogP contribution is 2.18. The van der Waals surface area contributed by atoms with Crippen molar-refractivity contribution in [2.24, 2.45) is 4.36 Å². The van der Waals surface area contributed by atoms with Crippen LogP contribution in [0.3, 0.4) is 0 Å². The van der Waals surface area contributed by atoms with Gasteiger partial charge in [0, 0.05) is 34.7 Å². The molecule has 0 N–H and O–H groups in total. The van der Waals surface area contributed by atoms with E-state index >= 15 is 0 Å². The fourth-order valence-electron chi connectivity index (χ4n) is 3.15. The molecule has 0 spiro atoms. The first kappa shape index (κ1) is 20.5. The van der Waals surface area contributed by atoms with Gasteiger partial charge in [-0.25, -0.2) is 4.21 Å². The summed E-state index contributed by atoms with van der Waals surface area (Å²) in [6, 6.07) is 22.8. The van der Waals surface area contributed by atoms with E-state index < -0.39 is 15.6 Å². The summed E-state index contributed by atoms with van der Waals surface area (Å²) < 4.78 is 16.9. The van der Waals surface area contributed by atoms with Crippen LogP contribution in [0.5, 0.6) is 0 Å². The van der Waals surface area contributed by atoms with Crippen LogP contribution in [0.4, 0.5) is 0 Å². The van der Waals surface area contributed by atoms with Gasteiger partial charge in [0.2, 0.25) is 0 Å². The second-order valence-corrected chi connectivity index (χ2v) is 9.51. The summed E-state index contributed by atoms with van der Waals surface area (Å²) in [6.45, 7) is 1.94. The third-order valence-corrected chi connectivity index (χ3v) is 6.49. The van der Waals surface area contributed by atoms with Gasteiger partial charge in [-0.1, -0.05) is 65.9 Å². The first-order valence-corrected chi connectivity index (χ1v) is 11.6. The Balaban J connectivity index is 1.65. The lowest BCUT2D eigenvalue weighted by Gasteiger charge is -2.04. The first-order valence-electron chi connectivity index (χ1n) is 9.70. The molecule has 1 amide bonds. The third-order valence-electron chi connectivity index (χ3n) is 4.83. The summed E-state index contributed by atoms with van der Waals surface area (Å²) >= 11 is 0. The van der Waals surface area contributed by atoms with Gasteiger partial charge in [0.25, 0.3) is 5.91 Å². The molecule has 0 saturated heterocycles. The summed E-state index contributed by atoms with van der Waals surface area (Å²) in [6.07, 6.45) is 4.48. The van der Waals surface area contributed by atoms with E-state index in [1.165, 1.54) is 12.5 Å². The summed E-state index contributed by atoms with van der Waals surface area (Å²) in [7, 11) is -2.86. The zero-order valence-corrected chi connectivity index (χ0v) is 18.0. The number of benzene rings is 3. The Morgan fingerprint density at radius 2 is 1.68 bits per heavy atom. The maximum absolute atomic E-state index is 13.0. The van der Waals surface area contributed by atoms with E-state index in [2.05, 4.69) is 21.2 Å². The van der Waals surface area contributed by atoms with Crippen LogP contribution in [-0.4, -0.2) is 21.4 Å². The molecular weight excluding hydrogens is 404 g/mol. The van der Waals surface area contributed by atoms with Crippen molar-refractivity contribution in [3.05, 3.63) is 107 Å². The van der Waals surface area contributed by atoms with Crippen molar-refractivity contribution in [2.45, 2.75) is 11.8 Å². The number of fused-ring (bicyclic) bond motifs is 1. The molecule has 5 heteroatoms. The number of carbonyl (C=O) groups excluding carboxylic acids is 1. The molecule has 31 heavy (non-hydrogen) atoms. The standard InChI is InChI=1S/C26H20N2O2S/c1-19-10-14-24(15-11-19)31(2,30)28-26(29)23-16-20(17-27-18-23)12-13-22-8-5-7-21-6-3-4-9-25(21)22/h3-11,14-18H,1-2H3. The molecule has 4 rings (SSSR count). The Morgan fingerprint density at radius 3 is 2.48 bits per heavy atom. The molecule has 1 aromatic heterocycles. The number of rotatable bonds is 2. The molecule has 1 atom stereocenters. The lowest BCUT2D eigenvalue weighted by molar-refractivity contribution is 0.100. The number of hydrogen-bond acceptors (Lipinski definition) is 3. The van der Waals surface area contributed by atoms with E-state index in [-0.39, 0.29) is 5.56 Å². The summed E-state index contributed by atoms with van der Waals surface area (Å²) in [5.41, 5.74) is 2.79. The summed E-state index contributed by atoms with van der Waals surface area (Å²) in [5.74, 6) is 5.66. The predicted octanol–water partition coefficient (Wildman–Crippen LogP) is 5.24. The Morgan fingerprint density at radius 1 is 0.935 bits per heavy atom. The van der Waals surface area contributed by atoms with Gasteiger partial charge < -0.3 is 0 Å². The SMILES string of the molecule is Cc1ccc(S(C)(=O)=NC(=O)c2cncc(C#Cc3cccc4ccccc34)c2)cc1. The van der Waals surface area contributed by atoms with Crippen molar-refractivity contribution in [1.82, 2.24) is 4.98 Å². The average Bonchev–Trinajstić information content (AvgIpc) is 2.78. The van der Waals surface area contributed by atoms with Gasteiger partial charge in [-0.15, -0.1) is 0 Å². The fraction of sp³-hybridized carbons (Fsp3) is 0.0769. The molecule has 0 radical (unpaired) electrons. The van der Waals surface area contributed by atoms with Crippen LogP contribution in [0.25, 0.3) is 10.8 Å². The van der Waals surface area contributed by atoms with Gasteiger partial charge >= 0.3 is 0 Å². The Bertz CT molecular complexity index is 1460. The van der Waals surface area contributed by atoms with Crippen molar-refractivity contribution in [3.8, 4) is 11.8 Å². The van der Waals surface area contributed by atoms with E-state index in [0.717, 1.165) is 21.9 Å². The quantitative estimate of drug-likeness (QED) is 0.414. The van der Waals surface area contributed by atoms with Crippen molar-refractivity contribution >= 4 is 26.4 Å². The number of nitrogens with zero attached hydrogens (tertiary/aromatic N) is 2. The van der Waals surface area contributed by atoms with Crippen LogP contribution in [0, 0.1) is 18.8 Å². The smallest absolute Gasteiger partial charge is 0.266 e. The van der Waals surface area contributed by atoms with Crippen molar-refractivity contribution in [3.63, 3.8) is 0 Å². The fourth-order valence-corrected chi connectivity index (χ4v) is 4.32. The van der Waals surface area contributed by atoms with E-state index in [1.807, 2.05) is 61.5 Å². The maximum atomic E-state index is 13.0. The molecule has 0 fully saturated rings. The van der Waals surface area contributed by atoms with Gasteiger partial charge in [0.15, 0.2) is 0 Å². The molecule has 152 valence electrons. The molecule has 0 saturated carbocycles. The monoisotopic (exact) mass is 424 g/mol. The molecule has 1 heterocycles. The zero-order valence-electron chi connectivity index (χ0n) is 17.2. The molecule has 0 bridgehead atoms. The molecule has 1 unspecified atom stereocenters. The Labute approximate surface area is 182 Å². The first-order chi connectivity index (χ1) is 14.9. The minimum Gasteiger partial charge on any atom is -0.266 e. The second kappa shape index (κ2) is 8.55. The number of amides is 1. The molecular formula is C26H20N2O2S. The zero-order chi connectivity index (χ0) is 21.8. The molecule has 3 aromatic carbocycles. The normalized spacial score (nSPS) is 12.5. The molecule has 4 aromatic rings. The lowest BCUT2D eigenvalue weighted by atomic mass is 10.0. The number of carbonyl (C=O) groups is 1. The number of pyridine rings is 1. The van der Waals surface area contributed by atoms with Gasteiger partial charge in [0.05, 0.1) is 15.3 Å². The Hall–Kier alpha value is -3.75. The Kier molecular flexibility index (Phi) is 5.66. The van der Waals surface area contributed by atoms with Crippen molar-refractivity contribution in [1.29, 1.82) is 0 Å². The van der Waals surface area contributed by atoms with E-state index in [4.69, 9.17) is 0 Å². The minimum atomic E-state index is -2.86. The van der Waals surface area contributed by atoms with Crippen LogP contribution in [0.1, 0.15) is 27.0 Å². The summed E-state index contributed by atoms with van der Waals surface area (Å²) in [4.78, 5) is 17.3. The second-order valence-electron chi connectivity index (χ2n) is 7.25. The van der Waals surface area contributed by atoms with Crippen molar-refractivity contribution in [2.75, 3.05) is 6.26 Å². The number of hydrogen-bond donors (Lipinski definition) is 0. The predicted molar refractivity (Wildman–Crippen MR) is 124 cm³/mol. The van der Waals surface area contributed by atoms with Gasteiger partial charge in [-0.3, -0.25) is 9.78 Å². The highest BCUT2D eigenvalue weighted by atomic mass is 32.2. The van der Waals surface area contributed by atoms with E-state index in [0.29, 0.717) is 10.5 Å². The largest absolute Gasteiger partial charge is 0.286 e. The van der Waals surface area contributed by atoms with Crippen LogP contribution in [0.15, 0.2) is 94.4 Å². The molecule has 0 aliphatic rings. The van der Waals surface area contributed by atoms with Crippen LogP contribution in [0.2, 0.25) is 0 Å². The van der Waals surface area contributed by atoms with Gasteiger partial charge in [-0.05, 0) is 42.0 Å². The maximum Gasteiger partial charge on any atom is 0.286 e. The average molecular weight is 425 g/mol. The minimum absolute atomic E-state index is 0.256. The lowest BCUT2D eigenvalue weighted by Crippen LogP contribution is -2.04. The third kappa shape index (κ3) is 4.71. The highest BCUT2D eigenvalue weighted by Gasteiger charge is 2.12. The molecule has 4 nitrogen and oxygen atoms in total. The van der Waals surface area contributed by atoms with Crippen molar-refractivity contribution < 1.29 is 9.00 Å². The number of aromatic nitrogens is 1.